The number of rotatable bonds is 4. The molecule has 1 aliphatic heterocycles. The lowest BCUT2D eigenvalue weighted by Crippen LogP contribution is -2.06. The minimum Gasteiger partial charge on any atom is -0.496 e. The lowest BCUT2D eigenvalue weighted by atomic mass is 10.0. The second kappa shape index (κ2) is 5.53. The molecule has 5 heteroatoms. The predicted octanol–water partition coefficient (Wildman–Crippen LogP) is 3.29. The highest BCUT2D eigenvalue weighted by Crippen LogP contribution is 2.36. The van der Waals surface area contributed by atoms with Crippen molar-refractivity contribution >= 4 is 6.08 Å². The highest BCUT2D eigenvalue weighted by molar-refractivity contribution is 5.63. The topological polar surface area (TPSA) is 61.6 Å². The Bertz CT molecular complexity index is 563. The maximum atomic E-state index is 11.1. The Labute approximate surface area is 118 Å². The first-order chi connectivity index (χ1) is 9.42. The zero-order valence-corrected chi connectivity index (χ0v) is 12.2. The van der Waals surface area contributed by atoms with Gasteiger partial charge in [-0.2, -0.15) is 0 Å². The van der Waals surface area contributed by atoms with Crippen LogP contribution in [-0.2, 0) is 6.42 Å². The molecule has 1 aromatic rings. The lowest BCUT2D eigenvalue weighted by Gasteiger charge is -2.09. The molecule has 0 aliphatic carbocycles. The Hall–Kier alpha value is -2.04. The van der Waals surface area contributed by atoms with Crippen molar-refractivity contribution in [1.82, 2.24) is 0 Å². The Morgan fingerprint density at radius 3 is 2.80 bits per heavy atom. The van der Waals surface area contributed by atoms with Crippen LogP contribution in [0.25, 0.3) is 6.08 Å². The molecule has 0 saturated carbocycles. The molecule has 1 aromatic carbocycles. The largest absolute Gasteiger partial charge is 0.496 e. The molecular formula is C15H19NO4. The highest BCUT2D eigenvalue weighted by atomic mass is 16.6. The van der Waals surface area contributed by atoms with E-state index in [1.54, 1.807) is 27.0 Å². The monoisotopic (exact) mass is 277 g/mol. The van der Waals surface area contributed by atoms with Gasteiger partial charge in [0.25, 0.3) is 0 Å². The molecule has 0 saturated heterocycles. The van der Waals surface area contributed by atoms with Gasteiger partial charge in [-0.05, 0) is 19.1 Å². The van der Waals surface area contributed by atoms with Crippen LogP contribution < -0.4 is 9.47 Å². The molecule has 0 spiro atoms. The number of allylic oxidation sites excluding steroid dienone is 1. The van der Waals surface area contributed by atoms with E-state index in [9.17, 15) is 10.1 Å². The van der Waals surface area contributed by atoms with Crippen molar-refractivity contribution in [2.24, 2.45) is 5.92 Å². The average molecular weight is 277 g/mol. The van der Waals surface area contributed by atoms with Crippen molar-refractivity contribution < 1.29 is 14.4 Å². The number of ether oxygens (including phenoxy) is 2. The van der Waals surface area contributed by atoms with Gasteiger partial charge >= 0.3 is 0 Å². The van der Waals surface area contributed by atoms with Crippen LogP contribution in [0.4, 0.5) is 0 Å². The second-order valence-corrected chi connectivity index (χ2v) is 5.32. The third-order valence-corrected chi connectivity index (χ3v) is 3.35. The van der Waals surface area contributed by atoms with E-state index in [0.29, 0.717) is 11.3 Å². The molecule has 1 aliphatic rings. The van der Waals surface area contributed by atoms with Crippen molar-refractivity contribution in [3.63, 3.8) is 0 Å². The van der Waals surface area contributed by atoms with Gasteiger partial charge in [0.05, 0.1) is 12.0 Å². The van der Waals surface area contributed by atoms with Crippen molar-refractivity contribution in [2.45, 2.75) is 33.3 Å². The Morgan fingerprint density at radius 1 is 1.55 bits per heavy atom. The van der Waals surface area contributed by atoms with Gasteiger partial charge in [-0.25, -0.2) is 0 Å². The molecule has 2 rings (SSSR count). The summed E-state index contributed by atoms with van der Waals surface area (Å²) < 4.78 is 11.0. The number of nitrogens with zero attached hydrogens (tertiary/aromatic N) is 1. The summed E-state index contributed by atoms with van der Waals surface area (Å²) in [4.78, 5) is 10.7. The van der Waals surface area contributed by atoms with E-state index in [1.807, 2.05) is 19.1 Å². The second-order valence-electron chi connectivity index (χ2n) is 5.32. The fourth-order valence-electron chi connectivity index (χ4n) is 2.33. The lowest BCUT2D eigenvalue weighted by molar-refractivity contribution is -0.431. The number of hydrogen-bond donors (Lipinski definition) is 0. The minimum absolute atomic E-state index is 0.133. The van der Waals surface area contributed by atoms with E-state index < -0.39 is 0 Å². The van der Waals surface area contributed by atoms with Crippen LogP contribution in [-0.4, -0.2) is 18.1 Å². The van der Waals surface area contributed by atoms with Crippen LogP contribution in [0.1, 0.15) is 31.9 Å². The molecule has 108 valence electrons. The van der Waals surface area contributed by atoms with E-state index in [0.717, 1.165) is 17.7 Å². The highest BCUT2D eigenvalue weighted by Gasteiger charge is 2.23. The molecule has 1 atom stereocenters. The quantitative estimate of drug-likeness (QED) is 0.626. The summed E-state index contributed by atoms with van der Waals surface area (Å²) in [6.45, 7) is 5.60. The van der Waals surface area contributed by atoms with E-state index in [1.165, 1.54) is 0 Å². The van der Waals surface area contributed by atoms with Crippen LogP contribution in [0.3, 0.4) is 0 Å². The summed E-state index contributed by atoms with van der Waals surface area (Å²) >= 11 is 0. The molecule has 20 heavy (non-hydrogen) atoms. The molecule has 0 N–H and O–H groups in total. The molecule has 1 unspecified atom stereocenters. The molecule has 0 fully saturated rings. The summed E-state index contributed by atoms with van der Waals surface area (Å²) in [5.41, 5.74) is 1.92. The molecule has 0 amide bonds. The first kappa shape index (κ1) is 14.4. The zero-order valence-electron chi connectivity index (χ0n) is 12.2. The normalized spacial score (nSPS) is 17.9. The van der Waals surface area contributed by atoms with Gasteiger partial charge in [-0.15, -0.1) is 0 Å². The molecule has 0 radical (unpaired) electrons. The molecule has 0 bridgehead atoms. The van der Waals surface area contributed by atoms with Gasteiger partial charge in [0, 0.05) is 29.5 Å². The summed E-state index contributed by atoms with van der Waals surface area (Å²) in [6.07, 6.45) is 2.53. The minimum atomic E-state index is -0.346. The Kier molecular flexibility index (Phi) is 3.97. The molecule has 1 heterocycles. The number of nitro groups is 1. The first-order valence-corrected chi connectivity index (χ1v) is 6.66. The van der Waals surface area contributed by atoms with Gasteiger partial charge in [0.2, 0.25) is 5.70 Å². The van der Waals surface area contributed by atoms with Gasteiger partial charge < -0.3 is 9.47 Å². The zero-order chi connectivity index (χ0) is 14.9. The van der Waals surface area contributed by atoms with Crippen LogP contribution in [0.15, 0.2) is 17.8 Å². The summed E-state index contributed by atoms with van der Waals surface area (Å²) in [5, 5.41) is 11.1. The van der Waals surface area contributed by atoms with Crippen LogP contribution >= 0.6 is 0 Å². The van der Waals surface area contributed by atoms with E-state index >= 15 is 0 Å². The fourth-order valence-corrected chi connectivity index (χ4v) is 2.33. The number of hydrogen-bond acceptors (Lipinski definition) is 4. The number of fused-ring (bicyclic) bond motifs is 1. The van der Waals surface area contributed by atoms with Gasteiger partial charge in [-0.1, -0.05) is 13.8 Å². The summed E-state index contributed by atoms with van der Waals surface area (Å²) in [7, 11) is 1.57. The van der Waals surface area contributed by atoms with Crippen molar-refractivity contribution in [3.8, 4) is 11.5 Å². The van der Waals surface area contributed by atoms with E-state index in [4.69, 9.17) is 9.47 Å². The Morgan fingerprint density at radius 2 is 2.25 bits per heavy atom. The van der Waals surface area contributed by atoms with Crippen LogP contribution in [0, 0.1) is 16.0 Å². The number of benzene rings is 1. The standard InChI is InChI=1S/C15H19NO4/c1-9(2)13(16(17)18)6-12-8-15-11(5-10(3)20-15)7-14(12)19-4/h6-10H,5H2,1-4H3/b13-6-. The van der Waals surface area contributed by atoms with Crippen molar-refractivity contribution in [2.75, 3.05) is 7.11 Å². The summed E-state index contributed by atoms with van der Waals surface area (Å²) in [6, 6.07) is 3.73. The van der Waals surface area contributed by atoms with Gasteiger partial charge in [-0.3, -0.25) is 10.1 Å². The number of methoxy groups -OCH3 is 1. The third kappa shape index (κ3) is 2.76. The average Bonchev–Trinajstić information content (AvgIpc) is 2.72. The maximum absolute atomic E-state index is 11.1. The predicted molar refractivity (Wildman–Crippen MR) is 76.6 cm³/mol. The van der Waals surface area contributed by atoms with Crippen molar-refractivity contribution in [3.05, 3.63) is 39.1 Å². The maximum Gasteiger partial charge on any atom is 0.249 e. The molecular weight excluding hydrogens is 258 g/mol. The Balaban J connectivity index is 2.49. The van der Waals surface area contributed by atoms with Crippen molar-refractivity contribution in [1.29, 1.82) is 0 Å². The first-order valence-electron chi connectivity index (χ1n) is 6.66. The van der Waals surface area contributed by atoms with E-state index in [2.05, 4.69) is 0 Å². The summed E-state index contributed by atoms with van der Waals surface area (Å²) in [5.74, 6) is 1.26. The SMILES string of the molecule is COc1cc2c(cc1/C=C(/C(C)C)[N+](=O)[O-])OC(C)C2. The van der Waals surface area contributed by atoms with Gasteiger partial charge in [0.1, 0.15) is 17.6 Å². The molecule has 5 nitrogen and oxygen atoms in total. The van der Waals surface area contributed by atoms with E-state index in [-0.39, 0.29) is 22.6 Å². The van der Waals surface area contributed by atoms with Crippen LogP contribution in [0.2, 0.25) is 0 Å². The van der Waals surface area contributed by atoms with Crippen LogP contribution in [0.5, 0.6) is 11.5 Å². The molecule has 0 aromatic heterocycles. The third-order valence-electron chi connectivity index (χ3n) is 3.35. The fraction of sp³-hybridized carbons (Fsp3) is 0.467. The van der Waals surface area contributed by atoms with Gasteiger partial charge in [0.15, 0.2) is 0 Å². The smallest absolute Gasteiger partial charge is 0.249 e.